The number of unbranched alkanes of at least 4 members (excludes halogenated alkanes) is 62. The van der Waals surface area contributed by atoms with Gasteiger partial charge in [0.2, 0.25) is 5.91 Å². The van der Waals surface area contributed by atoms with Gasteiger partial charge in [0, 0.05) is 12.8 Å². The third kappa shape index (κ3) is 71.4. The van der Waals surface area contributed by atoms with E-state index in [1.807, 2.05) is 6.08 Å². The molecule has 0 aromatic carbocycles. The summed E-state index contributed by atoms with van der Waals surface area (Å²) < 4.78 is 5.52. The van der Waals surface area contributed by atoms with Crippen LogP contribution in [-0.4, -0.2) is 47.4 Å². The highest BCUT2D eigenvalue weighted by Gasteiger charge is 2.18. The number of aliphatic hydroxyl groups excluding tert-OH is 2. The van der Waals surface area contributed by atoms with Gasteiger partial charge in [-0.25, -0.2) is 0 Å². The highest BCUT2D eigenvalue weighted by atomic mass is 16.5. The Morgan fingerprint density at radius 2 is 0.547 bits per heavy atom. The number of amides is 1. The van der Waals surface area contributed by atoms with Crippen molar-refractivity contribution in [1.29, 1.82) is 0 Å². The summed E-state index contributed by atoms with van der Waals surface area (Å²) in [5.41, 5.74) is 0. The van der Waals surface area contributed by atoms with Gasteiger partial charge in [-0.2, -0.15) is 0 Å². The normalized spacial score (nSPS) is 12.6. The molecule has 0 aliphatic carbocycles. The molecule has 0 aliphatic heterocycles. The Balaban J connectivity index is 3.37. The van der Waals surface area contributed by atoms with Crippen LogP contribution in [0.3, 0.4) is 0 Å². The molecule has 0 bridgehead atoms. The maximum absolute atomic E-state index is 12.5. The lowest BCUT2D eigenvalue weighted by Crippen LogP contribution is -2.45. The summed E-state index contributed by atoms with van der Waals surface area (Å²) in [5.74, 6) is -0.0403. The van der Waals surface area contributed by atoms with Crippen molar-refractivity contribution < 1.29 is 24.5 Å². The first-order valence-corrected chi connectivity index (χ1v) is 39.6. The fraction of sp³-hybridized carbons (Fsp3) is 0.925. The standard InChI is InChI=1S/C80H155NO5/c1-3-5-7-9-11-13-15-17-19-21-23-33-37-40-44-48-52-56-60-64-68-72-78(83)77(76-82)81-79(84)73-69-65-61-57-53-49-45-41-38-34-31-29-27-25-24-26-28-30-32-35-39-43-47-51-55-59-63-67-71-75-86-80(85)74-70-66-62-58-54-50-46-42-36-22-20-18-16-14-12-10-8-6-4-2/h24,26,68,72,77-78,82-83H,3-23,25,27-67,69-71,73-76H2,1-2H3,(H,81,84)/b26-24-,72-68+. The van der Waals surface area contributed by atoms with Crippen LogP contribution < -0.4 is 5.32 Å². The van der Waals surface area contributed by atoms with Crippen molar-refractivity contribution in [2.24, 2.45) is 0 Å². The molecule has 0 saturated heterocycles. The Morgan fingerprint density at radius 1 is 0.314 bits per heavy atom. The summed E-state index contributed by atoms with van der Waals surface area (Å²) in [5, 5.41) is 23.3. The number of allylic oxidation sites excluding steroid dienone is 3. The minimum Gasteiger partial charge on any atom is -0.466 e. The second-order valence-electron chi connectivity index (χ2n) is 27.4. The van der Waals surface area contributed by atoms with E-state index in [2.05, 4.69) is 31.3 Å². The average Bonchev–Trinajstić information content (AvgIpc) is 3.54. The van der Waals surface area contributed by atoms with Crippen LogP contribution in [0.2, 0.25) is 0 Å². The Kier molecular flexibility index (Phi) is 74.3. The zero-order valence-corrected chi connectivity index (χ0v) is 58.6. The minimum atomic E-state index is -0.845. The van der Waals surface area contributed by atoms with E-state index in [0.29, 0.717) is 19.4 Å². The van der Waals surface area contributed by atoms with E-state index in [0.717, 1.165) is 38.5 Å². The average molecular weight is 1210 g/mol. The molecule has 0 radical (unpaired) electrons. The molecule has 2 unspecified atom stereocenters. The van der Waals surface area contributed by atoms with Gasteiger partial charge in [-0.05, 0) is 57.8 Å². The van der Waals surface area contributed by atoms with Crippen LogP contribution in [0.25, 0.3) is 0 Å². The summed E-state index contributed by atoms with van der Waals surface area (Å²) in [7, 11) is 0. The molecule has 0 aliphatic rings. The molecule has 1 amide bonds. The van der Waals surface area contributed by atoms with E-state index >= 15 is 0 Å². The molecule has 0 saturated carbocycles. The molecule has 86 heavy (non-hydrogen) atoms. The molecule has 3 N–H and O–H groups in total. The van der Waals surface area contributed by atoms with Crippen LogP contribution in [0.1, 0.15) is 450 Å². The molecular formula is C80H155NO5. The van der Waals surface area contributed by atoms with Crippen LogP contribution in [0, 0.1) is 0 Å². The number of rotatable bonds is 75. The number of carbonyl (C=O) groups is 2. The molecule has 0 heterocycles. The van der Waals surface area contributed by atoms with Crippen LogP contribution in [0.5, 0.6) is 0 Å². The first-order valence-electron chi connectivity index (χ1n) is 39.6. The van der Waals surface area contributed by atoms with E-state index < -0.39 is 12.1 Å². The SMILES string of the molecule is CCCCCCCCCCCCCCCCCCCCC/C=C/C(O)C(CO)NC(=O)CCCCCCCCCCCCCCC/C=C\CCCCCCCCCCCCCCOC(=O)CCCCCCCCCCCCCCCCCCCCC. The Labute approximate surface area is 539 Å². The molecule has 0 aromatic rings. The predicted octanol–water partition coefficient (Wildman–Crippen LogP) is 26.0. The zero-order valence-electron chi connectivity index (χ0n) is 58.6. The van der Waals surface area contributed by atoms with Gasteiger partial charge in [0.05, 0.1) is 25.4 Å². The third-order valence-electron chi connectivity index (χ3n) is 18.7. The lowest BCUT2D eigenvalue weighted by Gasteiger charge is -2.20. The van der Waals surface area contributed by atoms with Gasteiger partial charge >= 0.3 is 5.97 Å². The fourth-order valence-electron chi connectivity index (χ4n) is 12.7. The van der Waals surface area contributed by atoms with E-state index in [-0.39, 0.29) is 18.5 Å². The number of hydrogen-bond acceptors (Lipinski definition) is 5. The number of ether oxygens (including phenoxy) is 1. The molecule has 0 rings (SSSR count). The molecule has 2 atom stereocenters. The first kappa shape index (κ1) is 84.3. The highest BCUT2D eigenvalue weighted by Crippen LogP contribution is 2.20. The second kappa shape index (κ2) is 75.8. The minimum absolute atomic E-state index is 0.0221. The molecule has 0 fully saturated rings. The zero-order chi connectivity index (χ0) is 62.0. The smallest absolute Gasteiger partial charge is 0.305 e. The Morgan fingerprint density at radius 3 is 0.826 bits per heavy atom. The summed E-state index contributed by atoms with van der Waals surface area (Å²) in [6.45, 7) is 4.96. The lowest BCUT2D eigenvalue weighted by atomic mass is 10.0. The summed E-state index contributed by atoms with van der Waals surface area (Å²) in [6.07, 6.45) is 97.2. The number of esters is 1. The predicted molar refractivity (Wildman–Crippen MR) is 380 cm³/mol. The van der Waals surface area contributed by atoms with Crippen molar-refractivity contribution in [3.63, 3.8) is 0 Å². The largest absolute Gasteiger partial charge is 0.466 e. The third-order valence-corrected chi connectivity index (χ3v) is 18.7. The summed E-state index contributed by atoms with van der Waals surface area (Å²) >= 11 is 0. The molecule has 0 spiro atoms. The van der Waals surface area contributed by atoms with E-state index in [9.17, 15) is 19.8 Å². The summed E-state index contributed by atoms with van der Waals surface area (Å²) in [4.78, 5) is 24.7. The van der Waals surface area contributed by atoms with Crippen molar-refractivity contribution in [3.05, 3.63) is 24.3 Å². The second-order valence-corrected chi connectivity index (χ2v) is 27.4. The first-order chi connectivity index (χ1) is 42.5. The maximum Gasteiger partial charge on any atom is 0.305 e. The Bertz CT molecular complexity index is 1350. The topological polar surface area (TPSA) is 95.9 Å². The molecule has 0 aromatic heterocycles. The van der Waals surface area contributed by atoms with Gasteiger partial charge in [-0.3, -0.25) is 9.59 Å². The molecule has 510 valence electrons. The number of aliphatic hydroxyl groups is 2. The number of hydrogen-bond donors (Lipinski definition) is 3. The van der Waals surface area contributed by atoms with Gasteiger partial charge in [-0.1, -0.05) is 404 Å². The monoisotopic (exact) mass is 1210 g/mol. The highest BCUT2D eigenvalue weighted by molar-refractivity contribution is 5.76. The van der Waals surface area contributed by atoms with E-state index in [1.165, 1.54) is 385 Å². The van der Waals surface area contributed by atoms with Gasteiger partial charge in [0.25, 0.3) is 0 Å². The van der Waals surface area contributed by atoms with Crippen LogP contribution in [-0.2, 0) is 14.3 Å². The van der Waals surface area contributed by atoms with Gasteiger partial charge < -0.3 is 20.3 Å². The molecule has 6 nitrogen and oxygen atoms in total. The number of nitrogens with one attached hydrogen (secondary N) is 1. The van der Waals surface area contributed by atoms with Crippen molar-refractivity contribution in [2.45, 2.75) is 463 Å². The van der Waals surface area contributed by atoms with E-state index in [1.54, 1.807) is 6.08 Å². The molecular weight excluding hydrogens is 1050 g/mol. The van der Waals surface area contributed by atoms with Gasteiger partial charge in [0.1, 0.15) is 0 Å². The van der Waals surface area contributed by atoms with Crippen LogP contribution in [0.4, 0.5) is 0 Å². The van der Waals surface area contributed by atoms with Gasteiger partial charge in [0.15, 0.2) is 0 Å². The van der Waals surface area contributed by atoms with Crippen LogP contribution in [0.15, 0.2) is 24.3 Å². The molecule has 6 heteroatoms. The van der Waals surface area contributed by atoms with Crippen molar-refractivity contribution in [1.82, 2.24) is 5.32 Å². The van der Waals surface area contributed by atoms with Crippen molar-refractivity contribution in [3.8, 4) is 0 Å². The van der Waals surface area contributed by atoms with Gasteiger partial charge in [-0.15, -0.1) is 0 Å². The lowest BCUT2D eigenvalue weighted by molar-refractivity contribution is -0.143. The number of carbonyl (C=O) groups excluding carboxylic acids is 2. The van der Waals surface area contributed by atoms with E-state index in [4.69, 9.17) is 4.74 Å². The summed E-state index contributed by atoms with van der Waals surface area (Å²) in [6, 6.07) is -0.628. The van der Waals surface area contributed by atoms with Crippen molar-refractivity contribution >= 4 is 11.9 Å². The van der Waals surface area contributed by atoms with Crippen molar-refractivity contribution in [2.75, 3.05) is 13.2 Å². The fourth-order valence-corrected chi connectivity index (χ4v) is 12.7. The van der Waals surface area contributed by atoms with Crippen LogP contribution >= 0.6 is 0 Å². The quantitative estimate of drug-likeness (QED) is 0.0320. The Hall–Kier alpha value is -1.66. The maximum atomic E-state index is 12.5.